The lowest BCUT2D eigenvalue weighted by molar-refractivity contribution is 0.0389. The summed E-state index contributed by atoms with van der Waals surface area (Å²) in [7, 11) is 1.77. The average molecular weight is 277 g/mol. The molecule has 1 aliphatic heterocycles. The fourth-order valence-electron chi connectivity index (χ4n) is 3.11. The average Bonchev–Trinajstić information content (AvgIpc) is 2.48. The van der Waals surface area contributed by atoms with Crippen LogP contribution in [0.5, 0.6) is 5.75 Å². The number of methoxy groups -OCH3 is 1. The third-order valence-corrected chi connectivity index (χ3v) is 4.34. The van der Waals surface area contributed by atoms with Crippen molar-refractivity contribution in [3.8, 4) is 5.75 Å². The summed E-state index contributed by atoms with van der Waals surface area (Å²) >= 11 is 0. The van der Waals surface area contributed by atoms with E-state index in [1.807, 2.05) is 0 Å². The number of rotatable bonds is 5. The first kappa shape index (κ1) is 15.3. The van der Waals surface area contributed by atoms with Gasteiger partial charge in [0.15, 0.2) is 0 Å². The number of ether oxygens (including phenoxy) is 2. The zero-order valence-electron chi connectivity index (χ0n) is 13.2. The summed E-state index contributed by atoms with van der Waals surface area (Å²) in [5.74, 6) is 1.56. The van der Waals surface area contributed by atoms with Crippen molar-refractivity contribution in [1.29, 1.82) is 0 Å². The van der Waals surface area contributed by atoms with E-state index >= 15 is 0 Å². The second-order valence-electron chi connectivity index (χ2n) is 5.64. The highest BCUT2D eigenvalue weighted by molar-refractivity contribution is 5.47. The molecule has 2 unspecified atom stereocenters. The summed E-state index contributed by atoms with van der Waals surface area (Å²) in [5.41, 5.74) is 3.79. The van der Waals surface area contributed by atoms with Crippen LogP contribution in [-0.4, -0.2) is 26.9 Å². The molecular weight excluding hydrogens is 250 g/mol. The maximum Gasteiger partial charge on any atom is 0.126 e. The monoisotopic (exact) mass is 277 g/mol. The van der Waals surface area contributed by atoms with Crippen molar-refractivity contribution in [2.24, 2.45) is 5.92 Å². The molecule has 112 valence electrons. The standard InChI is InChI=1S/C17H27NO2/c1-5-18-16(14-7-6-10-20-11-14)15-9-8-12(2)13(3)17(15)19-4/h8-9,14,16,18H,5-7,10-11H2,1-4H3. The predicted octanol–water partition coefficient (Wildman–Crippen LogP) is 3.39. The number of nitrogens with one attached hydrogen (secondary N) is 1. The molecule has 0 spiro atoms. The van der Waals surface area contributed by atoms with Crippen LogP contribution in [0.15, 0.2) is 12.1 Å². The first-order valence-corrected chi connectivity index (χ1v) is 7.64. The van der Waals surface area contributed by atoms with Crippen molar-refractivity contribution in [3.63, 3.8) is 0 Å². The smallest absolute Gasteiger partial charge is 0.126 e. The Kier molecular flexibility index (Phi) is 5.44. The minimum Gasteiger partial charge on any atom is -0.496 e. The van der Waals surface area contributed by atoms with Crippen molar-refractivity contribution >= 4 is 0 Å². The van der Waals surface area contributed by atoms with Crippen LogP contribution in [0.1, 0.15) is 42.5 Å². The number of hydrogen-bond acceptors (Lipinski definition) is 3. The molecule has 0 saturated carbocycles. The summed E-state index contributed by atoms with van der Waals surface area (Å²) in [6, 6.07) is 4.72. The van der Waals surface area contributed by atoms with Gasteiger partial charge in [-0.15, -0.1) is 0 Å². The molecule has 1 fully saturated rings. The highest BCUT2D eigenvalue weighted by atomic mass is 16.5. The Morgan fingerprint density at radius 2 is 2.20 bits per heavy atom. The molecule has 0 aliphatic carbocycles. The molecule has 3 nitrogen and oxygen atoms in total. The molecule has 20 heavy (non-hydrogen) atoms. The summed E-state index contributed by atoms with van der Waals surface area (Å²) in [6.45, 7) is 9.13. The van der Waals surface area contributed by atoms with E-state index in [0.717, 1.165) is 31.9 Å². The van der Waals surface area contributed by atoms with Gasteiger partial charge in [-0.1, -0.05) is 19.1 Å². The largest absolute Gasteiger partial charge is 0.496 e. The molecule has 1 heterocycles. The number of hydrogen-bond donors (Lipinski definition) is 1. The van der Waals surface area contributed by atoms with E-state index in [2.05, 4.69) is 38.2 Å². The van der Waals surface area contributed by atoms with Crippen molar-refractivity contribution in [2.45, 2.75) is 39.7 Å². The van der Waals surface area contributed by atoms with E-state index < -0.39 is 0 Å². The Morgan fingerprint density at radius 1 is 1.40 bits per heavy atom. The summed E-state index contributed by atoms with van der Waals surface area (Å²) in [5, 5.41) is 3.63. The van der Waals surface area contributed by atoms with Crippen LogP contribution in [0, 0.1) is 19.8 Å². The van der Waals surface area contributed by atoms with Crippen LogP contribution in [-0.2, 0) is 4.74 Å². The summed E-state index contributed by atoms with van der Waals surface area (Å²) in [6.07, 6.45) is 2.37. The lowest BCUT2D eigenvalue weighted by Gasteiger charge is -2.32. The molecule has 0 bridgehead atoms. The van der Waals surface area contributed by atoms with Gasteiger partial charge in [-0.05, 0) is 44.4 Å². The van der Waals surface area contributed by atoms with Gasteiger partial charge in [-0.2, -0.15) is 0 Å². The minimum absolute atomic E-state index is 0.314. The Hall–Kier alpha value is -1.06. The molecule has 1 aliphatic rings. The van der Waals surface area contributed by atoms with Crippen LogP contribution >= 0.6 is 0 Å². The third kappa shape index (κ3) is 3.15. The van der Waals surface area contributed by atoms with Gasteiger partial charge in [0.25, 0.3) is 0 Å². The van der Waals surface area contributed by atoms with Gasteiger partial charge < -0.3 is 14.8 Å². The van der Waals surface area contributed by atoms with E-state index in [9.17, 15) is 0 Å². The van der Waals surface area contributed by atoms with Crippen molar-refractivity contribution in [2.75, 3.05) is 26.9 Å². The zero-order chi connectivity index (χ0) is 14.5. The SMILES string of the molecule is CCNC(c1ccc(C)c(C)c1OC)C1CCCOC1. The van der Waals surface area contributed by atoms with E-state index in [1.54, 1.807) is 7.11 Å². The Balaban J connectivity index is 2.35. The maximum atomic E-state index is 5.69. The lowest BCUT2D eigenvalue weighted by Crippen LogP contribution is -2.33. The van der Waals surface area contributed by atoms with Crippen LogP contribution in [0.25, 0.3) is 0 Å². The van der Waals surface area contributed by atoms with Crippen LogP contribution in [0.2, 0.25) is 0 Å². The summed E-state index contributed by atoms with van der Waals surface area (Å²) in [4.78, 5) is 0. The van der Waals surface area contributed by atoms with Gasteiger partial charge >= 0.3 is 0 Å². The molecule has 1 aromatic carbocycles. The van der Waals surface area contributed by atoms with Gasteiger partial charge in [0.2, 0.25) is 0 Å². The molecular formula is C17H27NO2. The number of aryl methyl sites for hydroxylation is 1. The topological polar surface area (TPSA) is 30.5 Å². The molecule has 0 radical (unpaired) electrons. The van der Waals surface area contributed by atoms with Gasteiger partial charge in [0, 0.05) is 24.1 Å². The maximum absolute atomic E-state index is 5.69. The highest BCUT2D eigenvalue weighted by Gasteiger charge is 2.28. The lowest BCUT2D eigenvalue weighted by atomic mass is 9.86. The van der Waals surface area contributed by atoms with E-state index in [0.29, 0.717) is 12.0 Å². The van der Waals surface area contributed by atoms with E-state index in [1.165, 1.54) is 23.1 Å². The normalized spacial score (nSPS) is 20.7. The minimum atomic E-state index is 0.314. The molecule has 1 saturated heterocycles. The van der Waals surface area contributed by atoms with Crippen molar-refractivity contribution in [1.82, 2.24) is 5.32 Å². The zero-order valence-corrected chi connectivity index (χ0v) is 13.2. The molecule has 1 N–H and O–H groups in total. The molecule has 0 amide bonds. The van der Waals surface area contributed by atoms with Crippen molar-refractivity contribution < 1.29 is 9.47 Å². The Morgan fingerprint density at radius 3 is 2.80 bits per heavy atom. The molecule has 2 rings (SSSR count). The second kappa shape index (κ2) is 7.09. The van der Waals surface area contributed by atoms with Crippen LogP contribution < -0.4 is 10.1 Å². The molecule has 2 atom stereocenters. The quantitative estimate of drug-likeness (QED) is 0.895. The van der Waals surface area contributed by atoms with Gasteiger partial charge in [-0.25, -0.2) is 0 Å². The van der Waals surface area contributed by atoms with Gasteiger partial charge in [0.05, 0.1) is 13.7 Å². The molecule has 0 aromatic heterocycles. The van der Waals surface area contributed by atoms with Gasteiger partial charge in [0.1, 0.15) is 5.75 Å². The fraction of sp³-hybridized carbons (Fsp3) is 0.647. The Labute approximate surface area is 122 Å². The fourth-order valence-corrected chi connectivity index (χ4v) is 3.11. The first-order valence-electron chi connectivity index (χ1n) is 7.64. The van der Waals surface area contributed by atoms with E-state index in [-0.39, 0.29) is 0 Å². The molecule has 3 heteroatoms. The number of benzene rings is 1. The van der Waals surface area contributed by atoms with Crippen LogP contribution in [0.3, 0.4) is 0 Å². The highest BCUT2D eigenvalue weighted by Crippen LogP contribution is 2.36. The third-order valence-electron chi connectivity index (χ3n) is 4.34. The Bertz CT molecular complexity index is 439. The predicted molar refractivity (Wildman–Crippen MR) is 82.4 cm³/mol. The van der Waals surface area contributed by atoms with E-state index in [4.69, 9.17) is 9.47 Å². The summed E-state index contributed by atoms with van der Waals surface area (Å²) < 4.78 is 11.4. The van der Waals surface area contributed by atoms with Gasteiger partial charge in [-0.3, -0.25) is 0 Å². The first-order chi connectivity index (χ1) is 9.69. The van der Waals surface area contributed by atoms with Crippen LogP contribution in [0.4, 0.5) is 0 Å². The molecule has 1 aromatic rings. The second-order valence-corrected chi connectivity index (χ2v) is 5.64. The van der Waals surface area contributed by atoms with Crippen molar-refractivity contribution in [3.05, 3.63) is 28.8 Å².